The van der Waals surface area contributed by atoms with E-state index in [9.17, 15) is 0 Å². The van der Waals surface area contributed by atoms with Gasteiger partial charge in [-0.15, -0.1) is 11.3 Å². The van der Waals surface area contributed by atoms with E-state index < -0.39 is 0 Å². The van der Waals surface area contributed by atoms with Crippen LogP contribution >= 0.6 is 11.3 Å². The van der Waals surface area contributed by atoms with Gasteiger partial charge in [0.25, 0.3) is 0 Å². The third-order valence-electron chi connectivity index (χ3n) is 16.2. The smallest absolute Gasteiger partial charge is 0.0541 e. The molecule has 2 aromatic heterocycles. The molecule has 0 amide bonds. The fraction of sp³-hybridized carbons (Fsp3) is 0.101. The molecule has 0 N–H and O–H groups in total. The highest BCUT2D eigenvalue weighted by molar-refractivity contribution is 7.25. The summed E-state index contributed by atoms with van der Waals surface area (Å²) >= 11 is 1.87. The Kier molecular flexibility index (Phi) is 9.88. The van der Waals surface area contributed by atoms with Crippen molar-refractivity contribution < 1.29 is 0 Å². The molecule has 0 aliphatic heterocycles. The van der Waals surface area contributed by atoms with Crippen LogP contribution in [0.25, 0.3) is 81.0 Å². The molecule has 0 bridgehead atoms. The quantitative estimate of drug-likeness (QED) is 0.147. The van der Waals surface area contributed by atoms with Gasteiger partial charge in [-0.2, -0.15) is 0 Å². The van der Waals surface area contributed by atoms with Gasteiger partial charge in [-0.3, -0.25) is 0 Å². The molecule has 2 nitrogen and oxygen atoms in total. The highest BCUT2D eigenvalue weighted by Crippen LogP contribution is 2.65. The molecule has 3 heteroatoms. The molecule has 3 unspecified atom stereocenters. The Morgan fingerprint density at radius 1 is 0.486 bits per heavy atom. The van der Waals surface area contributed by atoms with Gasteiger partial charge in [-0.1, -0.05) is 183 Å². The summed E-state index contributed by atoms with van der Waals surface area (Å²) < 4.78 is 5.08. The van der Waals surface area contributed by atoms with Crippen LogP contribution < -0.4 is 4.90 Å². The average Bonchev–Trinajstić information content (AvgIpc) is 4.08. The summed E-state index contributed by atoms with van der Waals surface area (Å²) in [5.41, 5.74) is 18.2. The summed E-state index contributed by atoms with van der Waals surface area (Å²) in [5, 5.41) is 5.14. The van der Waals surface area contributed by atoms with Gasteiger partial charge in [0, 0.05) is 59.1 Å². The van der Waals surface area contributed by atoms with Crippen LogP contribution in [0.3, 0.4) is 0 Å². The van der Waals surface area contributed by atoms with E-state index in [-0.39, 0.29) is 10.8 Å². The van der Waals surface area contributed by atoms with E-state index in [2.05, 4.69) is 272 Å². The molecule has 3 aliphatic carbocycles. The molecule has 0 radical (unpaired) electrons. The lowest BCUT2D eigenvalue weighted by Gasteiger charge is -2.51. The molecule has 14 rings (SSSR count). The second kappa shape index (κ2) is 16.7. The van der Waals surface area contributed by atoms with Crippen molar-refractivity contribution >= 4 is 70.4 Å². The third-order valence-corrected chi connectivity index (χ3v) is 17.4. The molecule has 72 heavy (non-hydrogen) atoms. The van der Waals surface area contributed by atoms with Gasteiger partial charge in [-0.25, -0.2) is 0 Å². The Morgan fingerprint density at radius 2 is 1.18 bits per heavy atom. The summed E-state index contributed by atoms with van der Waals surface area (Å²) in [6.07, 6.45) is 18.4. The number of hydrogen-bond acceptors (Lipinski definition) is 2. The first-order chi connectivity index (χ1) is 35.5. The SMILES string of the molecule is CC1CC=CC=C1C1(C2(C)C=CC=CC2)c2ccccc2-c2ccc(N(c3ccccc3)c3ccc(-c4cccc(-c5ccc6c(c5)c5ccccc5n6-c5ccc6sc7ccccc7c6c5)c4)cc3)cc21. The molecule has 0 saturated heterocycles. The van der Waals surface area contributed by atoms with Crippen LogP contribution in [0, 0.1) is 11.3 Å². The Balaban J connectivity index is 0.844. The van der Waals surface area contributed by atoms with Gasteiger partial charge in [-0.05, 0) is 148 Å². The van der Waals surface area contributed by atoms with Gasteiger partial charge < -0.3 is 9.47 Å². The maximum absolute atomic E-state index is 2.53. The predicted molar refractivity (Wildman–Crippen MR) is 307 cm³/mol. The summed E-state index contributed by atoms with van der Waals surface area (Å²) in [5.74, 6) is 0.397. The monoisotopic (exact) mass is 940 g/mol. The minimum atomic E-state index is -0.353. The number of anilines is 3. The van der Waals surface area contributed by atoms with Crippen molar-refractivity contribution in [3.8, 4) is 39.1 Å². The predicted octanol–water partition coefficient (Wildman–Crippen LogP) is 19.3. The van der Waals surface area contributed by atoms with Crippen LogP contribution in [0.5, 0.6) is 0 Å². The summed E-state index contributed by atoms with van der Waals surface area (Å²) in [6, 6.07) is 77.1. The van der Waals surface area contributed by atoms with Crippen LogP contribution in [0.15, 0.2) is 254 Å². The fourth-order valence-corrected chi connectivity index (χ4v) is 14.0. The van der Waals surface area contributed by atoms with Gasteiger partial charge in [0.05, 0.1) is 16.4 Å². The molecule has 11 aromatic rings. The van der Waals surface area contributed by atoms with Gasteiger partial charge in [0.2, 0.25) is 0 Å². The highest BCUT2D eigenvalue weighted by atomic mass is 32.1. The van der Waals surface area contributed by atoms with Crippen LogP contribution in [0.4, 0.5) is 17.1 Å². The minimum absolute atomic E-state index is 0.180. The maximum Gasteiger partial charge on any atom is 0.0541 e. The molecule has 344 valence electrons. The molecular formula is C69H52N2S. The number of rotatable bonds is 8. The van der Waals surface area contributed by atoms with E-state index in [0.29, 0.717) is 5.92 Å². The Hall–Kier alpha value is -8.24. The number of hydrogen-bond donors (Lipinski definition) is 0. The molecule has 2 heterocycles. The third kappa shape index (κ3) is 6.47. The highest BCUT2D eigenvalue weighted by Gasteiger charge is 2.57. The van der Waals surface area contributed by atoms with Gasteiger partial charge >= 0.3 is 0 Å². The van der Waals surface area contributed by atoms with Crippen molar-refractivity contribution in [3.05, 3.63) is 265 Å². The van der Waals surface area contributed by atoms with E-state index in [1.165, 1.54) is 97.7 Å². The summed E-state index contributed by atoms with van der Waals surface area (Å²) in [7, 11) is 0. The summed E-state index contributed by atoms with van der Waals surface area (Å²) in [6.45, 7) is 4.92. The first kappa shape index (κ1) is 42.6. The topological polar surface area (TPSA) is 8.17 Å². The number of nitrogens with zero attached hydrogens (tertiary/aromatic N) is 2. The number of thiophene rings is 1. The number of allylic oxidation sites excluding steroid dienone is 8. The van der Waals surface area contributed by atoms with Crippen LogP contribution in [0.2, 0.25) is 0 Å². The number of benzene rings is 9. The van der Waals surface area contributed by atoms with Crippen molar-refractivity contribution in [2.75, 3.05) is 4.90 Å². The summed E-state index contributed by atoms with van der Waals surface area (Å²) in [4.78, 5) is 2.44. The number of aromatic nitrogens is 1. The lowest BCUT2D eigenvalue weighted by atomic mass is 9.51. The maximum atomic E-state index is 2.53. The van der Waals surface area contributed by atoms with Crippen molar-refractivity contribution in [1.29, 1.82) is 0 Å². The Morgan fingerprint density at radius 3 is 2.03 bits per heavy atom. The lowest BCUT2D eigenvalue weighted by Crippen LogP contribution is -2.46. The van der Waals surface area contributed by atoms with Crippen molar-refractivity contribution in [2.24, 2.45) is 11.3 Å². The molecule has 0 spiro atoms. The standard InChI is InChI=1S/C69H52N2S/c1-46-18-7-11-26-61(46)69(68(2)40-15-4-16-41-68)62-27-12-8-23-55(62)56-37-35-54(45-63(56)69)70(51-21-5-3-6-22-51)52-33-30-47(31-34-52)48-19-17-20-49(42-48)50-32-38-65-59(43-50)57-24-9-13-28-64(57)71(65)53-36-39-67-60(44-53)58-25-10-14-29-66(58)72-67/h3-17,19-40,42-46H,18,41H2,1-2H3. The Labute approximate surface area is 425 Å². The fourth-order valence-electron chi connectivity index (χ4n) is 12.9. The lowest BCUT2D eigenvalue weighted by molar-refractivity contribution is 0.269. The largest absolute Gasteiger partial charge is 0.310 e. The zero-order valence-corrected chi connectivity index (χ0v) is 41.3. The zero-order valence-electron chi connectivity index (χ0n) is 40.5. The number of fused-ring (bicyclic) bond motifs is 9. The van der Waals surface area contributed by atoms with E-state index in [0.717, 1.165) is 29.9 Å². The molecular weight excluding hydrogens is 889 g/mol. The van der Waals surface area contributed by atoms with Crippen molar-refractivity contribution in [2.45, 2.75) is 32.1 Å². The molecule has 9 aromatic carbocycles. The van der Waals surface area contributed by atoms with Crippen LogP contribution in [-0.4, -0.2) is 4.57 Å². The average molecular weight is 941 g/mol. The molecule has 0 fully saturated rings. The first-order valence-corrected chi connectivity index (χ1v) is 26.3. The van der Waals surface area contributed by atoms with E-state index in [4.69, 9.17) is 0 Å². The van der Waals surface area contributed by atoms with Crippen LogP contribution in [0.1, 0.15) is 37.8 Å². The minimum Gasteiger partial charge on any atom is -0.310 e. The molecule has 0 saturated carbocycles. The van der Waals surface area contributed by atoms with E-state index in [1.54, 1.807) is 0 Å². The van der Waals surface area contributed by atoms with Crippen molar-refractivity contribution in [1.82, 2.24) is 4.57 Å². The normalized spacial score (nSPS) is 19.0. The van der Waals surface area contributed by atoms with Gasteiger partial charge in [0.15, 0.2) is 0 Å². The van der Waals surface area contributed by atoms with Crippen molar-refractivity contribution in [3.63, 3.8) is 0 Å². The molecule has 3 atom stereocenters. The van der Waals surface area contributed by atoms with E-state index >= 15 is 0 Å². The molecule has 3 aliphatic rings. The zero-order chi connectivity index (χ0) is 48.0. The number of para-hydroxylation sites is 2. The van der Waals surface area contributed by atoms with E-state index in [1.807, 2.05) is 11.3 Å². The Bertz CT molecular complexity index is 4090. The second-order valence-electron chi connectivity index (χ2n) is 20.3. The van der Waals surface area contributed by atoms with Gasteiger partial charge in [0.1, 0.15) is 0 Å². The van der Waals surface area contributed by atoms with Crippen LogP contribution in [-0.2, 0) is 5.41 Å². The first-order valence-electron chi connectivity index (χ1n) is 25.4. The second-order valence-corrected chi connectivity index (χ2v) is 21.4.